The summed E-state index contributed by atoms with van der Waals surface area (Å²) in [6.07, 6.45) is -3.57. The van der Waals surface area contributed by atoms with Crippen LogP contribution in [0.5, 0.6) is 0 Å². The Hall–Kier alpha value is -6.94. The van der Waals surface area contributed by atoms with Crippen LogP contribution in [0.2, 0.25) is 0 Å². The monoisotopic (exact) mass is 904 g/mol. The molecule has 1 rings (SSSR count). The van der Waals surface area contributed by atoms with Gasteiger partial charge in [0.1, 0.15) is 30.2 Å². The fourth-order valence-electron chi connectivity index (χ4n) is 6.07. The number of carbonyl (C=O) groups is 12. The van der Waals surface area contributed by atoms with E-state index in [0.717, 1.165) is 0 Å². The molecule has 13 N–H and O–H groups in total. The molecule has 0 heterocycles. The number of benzene rings is 1. The lowest BCUT2D eigenvalue weighted by molar-refractivity contribution is -0.142. The molecule has 0 saturated heterocycles. The molecule has 8 amide bonds. The van der Waals surface area contributed by atoms with E-state index >= 15 is 0 Å². The fraction of sp³-hybridized carbons (Fsp3) is 0.561. The topological polar surface area (TPSA) is 390 Å². The highest BCUT2D eigenvalue weighted by atomic mass is 16.4. The number of carbonyl (C=O) groups excluding carboxylic acids is 9. The molecule has 1 aromatic carbocycles. The number of hydrogen-bond acceptors (Lipinski definition) is 12. The van der Waals surface area contributed by atoms with Crippen LogP contribution in [0.3, 0.4) is 0 Å². The van der Waals surface area contributed by atoms with E-state index in [-0.39, 0.29) is 19.3 Å². The van der Waals surface area contributed by atoms with Gasteiger partial charge in [-0.15, -0.1) is 0 Å². The number of carboxylic acid groups (broad SMARTS) is 3. The normalized spacial score (nSPS) is 13.8. The summed E-state index contributed by atoms with van der Waals surface area (Å²) < 4.78 is 0. The molecule has 0 aliphatic heterocycles. The van der Waals surface area contributed by atoms with Crippen LogP contribution in [0.4, 0.5) is 0 Å². The van der Waals surface area contributed by atoms with Crippen molar-refractivity contribution < 1.29 is 72.9 Å². The molecule has 0 fully saturated rings. The molecule has 0 aromatic heterocycles. The molecule has 0 radical (unpaired) electrons. The number of carboxylic acids is 3. The summed E-state index contributed by atoms with van der Waals surface area (Å²) in [4.78, 5) is 152. The number of unbranched alkanes of at least 4 members (excludes halogenated alkanes) is 1. The molecule has 23 heteroatoms. The number of nitrogens with one attached hydrogen (secondary N) is 6. The minimum atomic E-state index is -1.84. The van der Waals surface area contributed by atoms with Crippen molar-refractivity contribution in [2.24, 2.45) is 16.9 Å². The standard InChI is InChI=1S/C41H60N8O15/c1-6-7-12-23(33(58)35(43)59)45-36(60)24(13-15-28(42)50)47-40(64)34(41(3,4)5)49-39(63)26(19-22-11-9-8-10-21(22)2)48-37(61)25(14-17-30(52)53)46-38(62)27(20-32(56)57)44-29(51)16-18-31(54)55/h8-11,23-27,34H,6-7,12-20H2,1-5H3,(H2,42,50)(H2,43,59)(H,44,51)(H,45,60)(H,46,62)(H,47,64)(H,48,61)(H,49,63)(H,52,53)(H,54,55)(H,56,57)/t23-,24-,25-,26-,27-,34+/m0/s1. The van der Waals surface area contributed by atoms with Crippen molar-refractivity contribution in [1.82, 2.24) is 31.9 Å². The van der Waals surface area contributed by atoms with Gasteiger partial charge in [-0.1, -0.05) is 64.8 Å². The Morgan fingerprint density at radius 3 is 1.58 bits per heavy atom. The Labute approximate surface area is 369 Å². The van der Waals surface area contributed by atoms with Gasteiger partial charge in [0.2, 0.25) is 47.1 Å². The van der Waals surface area contributed by atoms with Gasteiger partial charge in [-0.3, -0.25) is 57.5 Å². The number of hydrogen-bond donors (Lipinski definition) is 11. The number of Topliss-reactive ketones (excluding diaryl/α,β-unsaturated/α-hetero) is 1. The molecule has 0 bridgehead atoms. The molecule has 0 saturated carbocycles. The maximum Gasteiger partial charge on any atom is 0.305 e. The minimum absolute atomic E-state index is 0.0318. The molecular weight excluding hydrogens is 844 g/mol. The Bertz CT molecular complexity index is 1910. The number of nitrogens with two attached hydrogens (primary N) is 2. The molecule has 0 aliphatic rings. The Balaban J connectivity index is 3.61. The number of aliphatic carboxylic acids is 3. The van der Waals surface area contributed by atoms with Gasteiger partial charge in [0, 0.05) is 25.7 Å². The van der Waals surface area contributed by atoms with Crippen molar-refractivity contribution in [2.45, 2.75) is 141 Å². The van der Waals surface area contributed by atoms with E-state index < -0.39 is 151 Å². The van der Waals surface area contributed by atoms with Crippen molar-refractivity contribution in [1.29, 1.82) is 0 Å². The van der Waals surface area contributed by atoms with Gasteiger partial charge < -0.3 is 58.7 Å². The van der Waals surface area contributed by atoms with Crippen molar-refractivity contribution >= 4 is 70.9 Å². The minimum Gasteiger partial charge on any atom is -0.481 e. The van der Waals surface area contributed by atoms with E-state index in [1.807, 2.05) is 0 Å². The lowest BCUT2D eigenvalue weighted by Crippen LogP contribution is -2.62. The van der Waals surface area contributed by atoms with Crippen LogP contribution in [-0.4, -0.2) is 123 Å². The maximum absolute atomic E-state index is 14.3. The first kappa shape index (κ1) is 55.1. The average molecular weight is 905 g/mol. The number of aryl methyl sites for hydroxylation is 1. The lowest BCUT2D eigenvalue weighted by atomic mass is 9.85. The van der Waals surface area contributed by atoms with Crippen molar-refractivity contribution in [3.8, 4) is 0 Å². The van der Waals surface area contributed by atoms with E-state index in [9.17, 15) is 67.7 Å². The molecular formula is C41H60N8O15. The smallest absolute Gasteiger partial charge is 0.305 e. The lowest BCUT2D eigenvalue weighted by Gasteiger charge is -2.33. The molecule has 0 aliphatic carbocycles. The summed E-state index contributed by atoms with van der Waals surface area (Å²) in [5, 5.41) is 42.0. The second-order valence-corrected chi connectivity index (χ2v) is 16.1. The van der Waals surface area contributed by atoms with Crippen LogP contribution in [0.25, 0.3) is 0 Å². The van der Waals surface area contributed by atoms with Gasteiger partial charge in [-0.05, 0) is 42.7 Å². The van der Waals surface area contributed by atoms with Gasteiger partial charge >= 0.3 is 17.9 Å². The molecule has 64 heavy (non-hydrogen) atoms. The maximum atomic E-state index is 14.3. The van der Waals surface area contributed by atoms with Crippen LogP contribution in [-0.2, 0) is 64.0 Å². The number of primary amides is 2. The summed E-state index contributed by atoms with van der Waals surface area (Å²) in [6.45, 7) is 8.19. The highest BCUT2D eigenvalue weighted by molar-refractivity contribution is 6.37. The van der Waals surface area contributed by atoms with Crippen LogP contribution in [0.15, 0.2) is 24.3 Å². The second kappa shape index (κ2) is 26.5. The first-order valence-corrected chi connectivity index (χ1v) is 20.4. The summed E-state index contributed by atoms with van der Waals surface area (Å²) in [6, 6.07) is -2.82. The molecule has 6 atom stereocenters. The van der Waals surface area contributed by atoms with Gasteiger partial charge in [0.05, 0.1) is 18.9 Å². The Morgan fingerprint density at radius 1 is 0.578 bits per heavy atom. The van der Waals surface area contributed by atoms with Crippen LogP contribution < -0.4 is 43.4 Å². The second-order valence-electron chi connectivity index (χ2n) is 16.1. The Morgan fingerprint density at radius 2 is 1.08 bits per heavy atom. The van der Waals surface area contributed by atoms with Crippen LogP contribution in [0.1, 0.15) is 103 Å². The third-order valence-corrected chi connectivity index (χ3v) is 9.64. The number of ketones is 1. The number of amides is 8. The van der Waals surface area contributed by atoms with Gasteiger partial charge in [-0.25, -0.2) is 0 Å². The largest absolute Gasteiger partial charge is 0.481 e. The first-order valence-electron chi connectivity index (χ1n) is 20.4. The summed E-state index contributed by atoms with van der Waals surface area (Å²) in [5.74, 6) is -13.8. The predicted molar refractivity (Wildman–Crippen MR) is 224 cm³/mol. The average Bonchev–Trinajstić information content (AvgIpc) is 3.19. The highest BCUT2D eigenvalue weighted by Gasteiger charge is 2.39. The van der Waals surface area contributed by atoms with Crippen molar-refractivity contribution in [3.05, 3.63) is 35.4 Å². The van der Waals surface area contributed by atoms with E-state index in [1.54, 1.807) is 58.9 Å². The summed E-state index contributed by atoms with van der Waals surface area (Å²) in [5.41, 5.74) is 10.6. The van der Waals surface area contributed by atoms with Gasteiger partial charge in [0.25, 0.3) is 5.91 Å². The van der Waals surface area contributed by atoms with Crippen molar-refractivity contribution in [3.63, 3.8) is 0 Å². The van der Waals surface area contributed by atoms with Gasteiger partial charge in [0.15, 0.2) is 0 Å². The molecule has 1 aromatic rings. The SMILES string of the molecule is CCCC[C@H](NC(=O)[C@H](CCC(N)=O)NC(=O)[C@@H](NC(=O)[C@H](Cc1ccccc1C)NC(=O)[C@H](CCC(=O)O)NC(=O)[C@H](CC(=O)O)NC(=O)CCC(=O)O)C(C)(C)C)C(=O)C(N)=O. The van der Waals surface area contributed by atoms with E-state index in [1.165, 1.54) is 0 Å². The third kappa shape index (κ3) is 20.3. The molecule has 0 unspecified atom stereocenters. The summed E-state index contributed by atoms with van der Waals surface area (Å²) in [7, 11) is 0. The van der Waals surface area contributed by atoms with E-state index in [2.05, 4.69) is 31.9 Å². The molecule has 23 nitrogen and oxygen atoms in total. The highest BCUT2D eigenvalue weighted by Crippen LogP contribution is 2.21. The molecule has 354 valence electrons. The van der Waals surface area contributed by atoms with Crippen LogP contribution >= 0.6 is 0 Å². The zero-order valence-electron chi connectivity index (χ0n) is 36.4. The van der Waals surface area contributed by atoms with E-state index in [4.69, 9.17) is 16.6 Å². The summed E-state index contributed by atoms with van der Waals surface area (Å²) >= 11 is 0. The van der Waals surface area contributed by atoms with Gasteiger partial charge in [-0.2, -0.15) is 0 Å². The zero-order chi connectivity index (χ0) is 48.9. The fourth-order valence-corrected chi connectivity index (χ4v) is 6.07. The Kier molecular flexibility index (Phi) is 22.8. The third-order valence-electron chi connectivity index (χ3n) is 9.64. The van der Waals surface area contributed by atoms with Crippen LogP contribution in [0, 0.1) is 12.3 Å². The number of rotatable bonds is 29. The molecule has 0 spiro atoms. The predicted octanol–water partition coefficient (Wildman–Crippen LogP) is -1.79. The zero-order valence-corrected chi connectivity index (χ0v) is 36.4. The van der Waals surface area contributed by atoms with Crippen molar-refractivity contribution in [2.75, 3.05) is 0 Å². The first-order chi connectivity index (χ1) is 29.8. The quantitative estimate of drug-likeness (QED) is 0.0396. The van der Waals surface area contributed by atoms with E-state index in [0.29, 0.717) is 24.0 Å².